The van der Waals surface area contributed by atoms with Gasteiger partial charge < -0.3 is 16.2 Å². The quantitative estimate of drug-likeness (QED) is 0.715. The SMILES string of the molecule is C[C@@H](COC(N)=O)c1cccc(N)c1. The summed E-state index contributed by atoms with van der Waals surface area (Å²) >= 11 is 0. The fourth-order valence-electron chi connectivity index (χ4n) is 1.17. The van der Waals surface area contributed by atoms with Crippen LogP contribution in [-0.2, 0) is 4.74 Å². The van der Waals surface area contributed by atoms with E-state index in [1.165, 1.54) is 0 Å². The van der Waals surface area contributed by atoms with Crippen molar-refractivity contribution in [2.24, 2.45) is 5.73 Å². The van der Waals surface area contributed by atoms with Gasteiger partial charge in [0.25, 0.3) is 0 Å². The van der Waals surface area contributed by atoms with Crippen molar-refractivity contribution in [2.75, 3.05) is 12.3 Å². The third-order valence-electron chi connectivity index (χ3n) is 1.96. The topological polar surface area (TPSA) is 78.3 Å². The molecular weight excluding hydrogens is 180 g/mol. The molecule has 0 aromatic heterocycles. The van der Waals surface area contributed by atoms with Crippen molar-refractivity contribution >= 4 is 11.8 Å². The smallest absolute Gasteiger partial charge is 0.404 e. The van der Waals surface area contributed by atoms with Gasteiger partial charge in [-0.15, -0.1) is 0 Å². The predicted molar refractivity (Wildman–Crippen MR) is 54.8 cm³/mol. The van der Waals surface area contributed by atoms with Crippen LogP contribution in [0.4, 0.5) is 10.5 Å². The predicted octanol–water partition coefficient (Wildman–Crippen LogP) is 1.47. The van der Waals surface area contributed by atoms with E-state index in [1.807, 2.05) is 31.2 Å². The Kier molecular flexibility index (Phi) is 3.34. The van der Waals surface area contributed by atoms with Crippen LogP contribution in [0.1, 0.15) is 18.4 Å². The van der Waals surface area contributed by atoms with E-state index in [0.29, 0.717) is 5.69 Å². The molecule has 0 saturated carbocycles. The van der Waals surface area contributed by atoms with Crippen molar-refractivity contribution in [1.29, 1.82) is 0 Å². The number of rotatable bonds is 3. The van der Waals surface area contributed by atoms with E-state index in [1.54, 1.807) is 0 Å². The highest BCUT2D eigenvalue weighted by Gasteiger charge is 2.07. The second kappa shape index (κ2) is 4.50. The lowest BCUT2D eigenvalue weighted by atomic mass is 10.0. The molecule has 0 fully saturated rings. The van der Waals surface area contributed by atoms with Gasteiger partial charge in [0.15, 0.2) is 0 Å². The minimum atomic E-state index is -0.749. The van der Waals surface area contributed by atoms with Crippen molar-refractivity contribution < 1.29 is 9.53 Å². The zero-order chi connectivity index (χ0) is 10.6. The second-order valence-electron chi connectivity index (χ2n) is 3.20. The Bertz CT molecular complexity index is 326. The van der Waals surface area contributed by atoms with E-state index in [0.717, 1.165) is 5.56 Å². The van der Waals surface area contributed by atoms with Gasteiger partial charge in [-0.25, -0.2) is 4.79 Å². The number of nitrogen functional groups attached to an aromatic ring is 1. The Morgan fingerprint density at radius 3 is 2.86 bits per heavy atom. The second-order valence-corrected chi connectivity index (χ2v) is 3.20. The number of nitrogens with two attached hydrogens (primary N) is 2. The van der Waals surface area contributed by atoms with Gasteiger partial charge in [-0.2, -0.15) is 0 Å². The molecule has 4 nitrogen and oxygen atoms in total. The van der Waals surface area contributed by atoms with Crippen LogP contribution in [-0.4, -0.2) is 12.7 Å². The van der Waals surface area contributed by atoms with Crippen molar-refractivity contribution in [3.05, 3.63) is 29.8 Å². The first kappa shape index (κ1) is 10.4. The highest BCUT2D eigenvalue weighted by molar-refractivity contribution is 5.64. The maximum atomic E-state index is 10.4. The molecule has 0 bridgehead atoms. The van der Waals surface area contributed by atoms with Gasteiger partial charge in [-0.3, -0.25) is 0 Å². The average molecular weight is 194 g/mol. The summed E-state index contributed by atoms with van der Waals surface area (Å²) in [5.74, 6) is 0.103. The maximum absolute atomic E-state index is 10.4. The molecule has 0 unspecified atom stereocenters. The van der Waals surface area contributed by atoms with Crippen LogP contribution in [0.5, 0.6) is 0 Å². The number of hydrogen-bond donors (Lipinski definition) is 2. The first-order chi connectivity index (χ1) is 6.59. The first-order valence-electron chi connectivity index (χ1n) is 4.37. The lowest BCUT2D eigenvalue weighted by Gasteiger charge is -2.11. The zero-order valence-electron chi connectivity index (χ0n) is 8.07. The summed E-state index contributed by atoms with van der Waals surface area (Å²) in [5.41, 5.74) is 12.2. The molecule has 1 aromatic carbocycles. The molecule has 1 aromatic rings. The van der Waals surface area contributed by atoms with Crippen LogP contribution < -0.4 is 11.5 Å². The summed E-state index contributed by atoms with van der Waals surface area (Å²) in [4.78, 5) is 10.4. The number of amides is 1. The fraction of sp³-hybridized carbons (Fsp3) is 0.300. The monoisotopic (exact) mass is 194 g/mol. The molecule has 1 atom stereocenters. The molecule has 0 spiro atoms. The van der Waals surface area contributed by atoms with E-state index in [-0.39, 0.29) is 12.5 Å². The standard InChI is InChI=1S/C10H14N2O2/c1-7(6-14-10(12)13)8-3-2-4-9(11)5-8/h2-5,7H,6,11H2,1H3,(H2,12,13)/t7-/m0/s1. The van der Waals surface area contributed by atoms with Crippen LogP contribution in [0, 0.1) is 0 Å². The number of benzene rings is 1. The molecule has 1 amide bonds. The number of hydrogen-bond acceptors (Lipinski definition) is 3. The summed E-state index contributed by atoms with van der Waals surface area (Å²) in [6.07, 6.45) is -0.749. The average Bonchev–Trinajstić information content (AvgIpc) is 2.14. The van der Waals surface area contributed by atoms with Crippen molar-refractivity contribution in [3.63, 3.8) is 0 Å². The number of anilines is 1. The number of carbonyl (C=O) groups is 1. The fourth-order valence-corrected chi connectivity index (χ4v) is 1.17. The van der Waals surface area contributed by atoms with Crippen molar-refractivity contribution in [1.82, 2.24) is 0 Å². The van der Waals surface area contributed by atoms with E-state index in [4.69, 9.17) is 16.2 Å². The summed E-state index contributed by atoms with van der Waals surface area (Å²) in [6, 6.07) is 7.47. The lowest BCUT2D eigenvalue weighted by Crippen LogP contribution is -2.16. The summed E-state index contributed by atoms with van der Waals surface area (Å²) in [6.45, 7) is 2.22. The van der Waals surface area contributed by atoms with Crippen LogP contribution in [0.2, 0.25) is 0 Å². The van der Waals surface area contributed by atoms with Gasteiger partial charge in [0, 0.05) is 11.6 Å². The third kappa shape index (κ3) is 2.97. The van der Waals surface area contributed by atoms with Gasteiger partial charge in [0.1, 0.15) is 0 Å². The largest absolute Gasteiger partial charge is 0.449 e. The van der Waals surface area contributed by atoms with Gasteiger partial charge in [-0.05, 0) is 17.7 Å². The first-order valence-corrected chi connectivity index (χ1v) is 4.37. The molecule has 76 valence electrons. The lowest BCUT2D eigenvalue weighted by molar-refractivity contribution is 0.151. The molecule has 1 rings (SSSR count). The normalized spacial score (nSPS) is 12.1. The van der Waals surface area contributed by atoms with Gasteiger partial charge in [0.2, 0.25) is 0 Å². The highest BCUT2D eigenvalue weighted by Crippen LogP contribution is 2.17. The molecule has 14 heavy (non-hydrogen) atoms. The van der Waals surface area contributed by atoms with Gasteiger partial charge >= 0.3 is 6.09 Å². The summed E-state index contributed by atoms with van der Waals surface area (Å²) < 4.78 is 4.70. The Hall–Kier alpha value is -1.71. The van der Waals surface area contributed by atoms with Crippen LogP contribution in [0.3, 0.4) is 0 Å². The number of primary amides is 1. The molecule has 0 aliphatic heterocycles. The van der Waals surface area contributed by atoms with E-state index >= 15 is 0 Å². The molecule has 0 heterocycles. The Morgan fingerprint density at radius 1 is 1.57 bits per heavy atom. The number of carbonyl (C=O) groups excluding carboxylic acids is 1. The third-order valence-corrected chi connectivity index (χ3v) is 1.96. The number of ether oxygens (including phenoxy) is 1. The molecule has 0 aliphatic rings. The molecule has 0 radical (unpaired) electrons. The van der Waals surface area contributed by atoms with Gasteiger partial charge in [-0.1, -0.05) is 19.1 Å². The summed E-state index contributed by atoms with van der Waals surface area (Å²) in [7, 11) is 0. The van der Waals surface area contributed by atoms with E-state index in [9.17, 15) is 4.79 Å². The summed E-state index contributed by atoms with van der Waals surface area (Å²) in [5, 5.41) is 0. The van der Waals surface area contributed by atoms with Crippen molar-refractivity contribution in [3.8, 4) is 0 Å². The minimum Gasteiger partial charge on any atom is -0.449 e. The van der Waals surface area contributed by atoms with Crippen molar-refractivity contribution in [2.45, 2.75) is 12.8 Å². The van der Waals surface area contributed by atoms with Crippen LogP contribution in [0.15, 0.2) is 24.3 Å². The molecule has 4 N–H and O–H groups in total. The Balaban J connectivity index is 2.60. The van der Waals surface area contributed by atoms with Crippen LogP contribution in [0.25, 0.3) is 0 Å². The van der Waals surface area contributed by atoms with Gasteiger partial charge in [0.05, 0.1) is 6.61 Å². The zero-order valence-corrected chi connectivity index (χ0v) is 8.07. The Morgan fingerprint density at radius 2 is 2.29 bits per heavy atom. The molecule has 4 heteroatoms. The van der Waals surface area contributed by atoms with E-state index in [2.05, 4.69) is 0 Å². The Labute approximate surface area is 82.8 Å². The minimum absolute atomic E-state index is 0.103. The molecule has 0 saturated heterocycles. The molecule has 0 aliphatic carbocycles. The van der Waals surface area contributed by atoms with E-state index < -0.39 is 6.09 Å². The highest BCUT2D eigenvalue weighted by atomic mass is 16.5. The maximum Gasteiger partial charge on any atom is 0.404 e. The molecular formula is C10H14N2O2. The van der Waals surface area contributed by atoms with Crippen LogP contribution >= 0.6 is 0 Å².